The van der Waals surface area contributed by atoms with Crippen molar-refractivity contribution in [3.05, 3.63) is 77.2 Å². The number of hydrogen-bond acceptors (Lipinski definition) is 5. The number of anilines is 1. The molecule has 8 heteroatoms. The molecule has 0 radical (unpaired) electrons. The van der Waals surface area contributed by atoms with E-state index in [1.807, 2.05) is 31.2 Å². The molecule has 1 aromatic heterocycles. The topological polar surface area (TPSA) is 75.7 Å². The minimum Gasteiger partial charge on any atom is -0.484 e. The molecule has 1 N–H and O–H groups in total. The fourth-order valence-corrected chi connectivity index (χ4v) is 5.00. The molecule has 6 nitrogen and oxygen atoms in total. The summed E-state index contributed by atoms with van der Waals surface area (Å²) >= 11 is 1.17. The van der Waals surface area contributed by atoms with Crippen molar-refractivity contribution in [2.24, 2.45) is 0 Å². The highest BCUT2D eigenvalue weighted by atomic mass is 32.2. The fourth-order valence-electron chi connectivity index (χ4n) is 2.64. The van der Waals surface area contributed by atoms with Gasteiger partial charge >= 0.3 is 0 Å². The Bertz CT molecular complexity index is 1060. The van der Waals surface area contributed by atoms with Crippen LogP contribution in [0.15, 0.2) is 70.3 Å². The number of ether oxygens (including phenoxy) is 1. The van der Waals surface area contributed by atoms with E-state index in [0.29, 0.717) is 18.0 Å². The SMILES string of the molecule is Cc1ccccc1CNC(=O)COc1ccc(N(C)S(=O)(=O)c2cccs2)cc1. The number of carbonyl (C=O) groups is 1. The number of nitrogens with zero attached hydrogens (tertiary/aromatic N) is 1. The van der Waals surface area contributed by atoms with E-state index in [0.717, 1.165) is 11.1 Å². The summed E-state index contributed by atoms with van der Waals surface area (Å²) in [5, 5.41) is 4.55. The Labute approximate surface area is 174 Å². The second kappa shape index (κ2) is 9.11. The smallest absolute Gasteiger partial charge is 0.273 e. The van der Waals surface area contributed by atoms with E-state index in [4.69, 9.17) is 4.74 Å². The number of carbonyl (C=O) groups excluding carboxylic acids is 1. The van der Waals surface area contributed by atoms with Crippen molar-refractivity contribution >= 4 is 33.0 Å². The molecule has 0 aliphatic heterocycles. The molecule has 0 unspecified atom stereocenters. The lowest BCUT2D eigenvalue weighted by Gasteiger charge is -2.18. The molecule has 152 valence electrons. The number of amides is 1. The number of thiophene rings is 1. The lowest BCUT2D eigenvalue weighted by Crippen LogP contribution is -2.28. The molecule has 0 fully saturated rings. The predicted molar refractivity (Wildman–Crippen MR) is 115 cm³/mol. The van der Waals surface area contributed by atoms with Crippen LogP contribution in [0.2, 0.25) is 0 Å². The van der Waals surface area contributed by atoms with Crippen LogP contribution in [-0.4, -0.2) is 28.0 Å². The van der Waals surface area contributed by atoms with Crippen LogP contribution in [0.25, 0.3) is 0 Å². The molecule has 2 aromatic carbocycles. The van der Waals surface area contributed by atoms with Crippen molar-refractivity contribution in [1.82, 2.24) is 5.32 Å². The van der Waals surface area contributed by atoms with E-state index in [1.54, 1.807) is 41.8 Å². The number of benzene rings is 2. The van der Waals surface area contributed by atoms with Gasteiger partial charge in [-0.05, 0) is 53.8 Å². The summed E-state index contributed by atoms with van der Waals surface area (Å²) in [6, 6.07) is 17.7. The molecular weight excluding hydrogens is 408 g/mol. The van der Waals surface area contributed by atoms with Crippen molar-refractivity contribution < 1.29 is 17.9 Å². The zero-order chi connectivity index (χ0) is 20.9. The Kier molecular flexibility index (Phi) is 6.56. The highest BCUT2D eigenvalue weighted by molar-refractivity contribution is 7.94. The first-order chi connectivity index (χ1) is 13.9. The summed E-state index contributed by atoms with van der Waals surface area (Å²) in [4.78, 5) is 12.0. The minimum atomic E-state index is -3.58. The van der Waals surface area contributed by atoms with Crippen LogP contribution in [0.1, 0.15) is 11.1 Å². The maximum Gasteiger partial charge on any atom is 0.273 e. The second-order valence-corrected chi connectivity index (χ2v) is 9.53. The summed E-state index contributed by atoms with van der Waals surface area (Å²) in [6.07, 6.45) is 0. The van der Waals surface area contributed by atoms with Crippen LogP contribution in [0.3, 0.4) is 0 Å². The molecule has 1 amide bonds. The molecule has 29 heavy (non-hydrogen) atoms. The minimum absolute atomic E-state index is 0.117. The van der Waals surface area contributed by atoms with Gasteiger partial charge in [0.1, 0.15) is 9.96 Å². The van der Waals surface area contributed by atoms with Gasteiger partial charge in [0.2, 0.25) is 0 Å². The Morgan fingerprint density at radius 2 is 1.79 bits per heavy atom. The molecule has 0 bridgehead atoms. The number of hydrogen-bond donors (Lipinski definition) is 1. The van der Waals surface area contributed by atoms with E-state index in [1.165, 1.54) is 22.7 Å². The third kappa shape index (κ3) is 5.16. The molecular formula is C21H22N2O4S2. The highest BCUT2D eigenvalue weighted by Crippen LogP contribution is 2.26. The van der Waals surface area contributed by atoms with Gasteiger partial charge in [0.15, 0.2) is 6.61 Å². The van der Waals surface area contributed by atoms with Crippen LogP contribution in [0, 0.1) is 6.92 Å². The maximum absolute atomic E-state index is 12.6. The Balaban J connectivity index is 1.54. The molecule has 3 aromatic rings. The molecule has 0 aliphatic carbocycles. The average molecular weight is 431 g/mol. The van der Waals surface area contributed by atoms with Crippen LogP contribution in [0.4, 0.5) is 5.69 Å². The van der Waals surface area contributed by atoms with Gasteiger partial charge < -0.3 is 10.1 Å². The maximum atomic E-state index is 12.6. The number of nitrogens with one attached hydrogen (secondary N) is 1. The molecule has 0 spiro atoms. The summed E-state index contributed by atoms with van der Waals surface area (Å²) in [6.45, 7) is 2.32. The van der Waals surface area contributed by atoms with Crippen molar-refractivity contribution in [2.75, 3.05) is 18.0 Å². The first-order valence-corrected chi connectivity index (χ1v) is 11.3. The third-order valence-corrected chi connectivity index (χ3v) is 7.58. The first kappa shape index (κ1) is 20.9. The van der Waals surface area contributed by atoms with Crippen molar-refractivity contribution in [1.29, 1.82) is 0 Å². The Morgan fingerprint density at radius 3 is 2.45 bits per heavy atom. The largest absolute Gasteiger partial charge is 0.484 e. The average Bonchev–Trinajstić information content (AvgIpc) is 3.27. The van der Waals surface area contributed by atoms with Gasteiger partial charge in [-0.3, -0.25) is 9.10 Å². The molecule has 1 heterocycles. The van der Waals surface area contributed by atoms with Gasteiger partial charge in [-0.1, -0.05) is 30.3 Å². The summed E-state index contributed by atoms with van der Waals surface area (Å²) in [5.41, 5.74) is 2.68. The van der Waals surface area contributed by atoms with Crippen molar-refractivity contribution in [2.45, 2.75) is 17.7 Å². The van der Waals surface area contributed by atoms with E-state index in [-0.39, 0.29) is 16.7 Å². The number of sulfonamides is 1. The van der Waals surface area contributed by atoms with Crippen molar-refractivity contribution in [3.63, 3.8) is 0 Å². The second-order valence-electron chi connectivity index (χ2n) is 6.39. The Hall–Kier alpha value is -2.84. The third-order valence-electron chi connectivity index (χ3n) is 4.42. The number of aryl methyl sites for hydroxylation is 1. The quantitative estimate of drug-likeness (QED) is 0.593. The van der Waals surface area contributed by atoms with Gasteiger partial charge in [0.25, 0.3) is 15.9 Å². The molecule has 3 rings (SSSR count). The zero-order valence-electron chi connectivity index (χ0n) is 16.2. The molecule has 0 saturated carbocycles. The molecule has 0 aliphatic rings. The van der Waals surface area contributed by atoms with E-state index in [9.17, 15) is 13.2 Å². The predicted octanol–water partition coefficient (Wildman–Crippen LogP) is 3.58. The summed E-state index contributed by atoms with van der Waals surface area (Å²) < 4.78 is 32.1. The lowest BCUT2D eigenvalue weighted by atomic mass is 10.1. The van der Waals surface area contributed by atoms with Crippen LogP contribution in [0.5, 0.6) is 5.75 Å². The van der Waals surface area contributed by atoms with Crippen LogP contribution < -0.4 is 14.4 Å². The van der Waals surface area contributed by atoms with Gasteiger partial charge in [-0.25, -0.2) is 8.42 Å². The monoisotopic (exact) mass is 430 g/mol. The van der Waals surface area contributed by atoms with Gasteiger partial charge in [-0.2, -0.15) is 0 Å². The zero-order valence-corrected chi connectivity index (χ0v) is 17.8. The summed E-state index contributed by atoms with van der Waals surface area (Å²) in [5.74, 6) is 0.261. The van der Waals surface area contributed by atoms with Gasteiger partial charge in [-0.15, -0.1) is 11.3 Å². The van der Waals surface area contributed by atoms with E-state index in [2.05, 4.69) is 5.32 Å². The number of rotatable bonds is 8. The standard InChI is InChI=1S/C21H22N2O4S2/c1-16-6-3-4-7-17(16)14-22-20(24)15-27-19-11-9-18(10-12-19)23(2)29(25,26)21-8-5-13-28-21/h3-13H,14-15H2,1-2H3,(H,22,24). The van der Waals surface area contributed by atoms with Gasteiger partial charge in [0, 0.05) is 13.6 Å². The normalized spacial score (nSPS) is 11.1. The Morgan fingerprint density at radius 1 is 1.07 bits per heavy atom. The lowest BCUT2D eigenvalue weighted by molar-refractivity contribution is -0.123. The van der Waals surface area contributed by atoms with E-state index >= 15 is 0 Å². The van der Waals surface area contributed by atoms with Gasteiger partial charge in [0.05, 0.1) is 5.69 Å². The van der Waals surface area contributed by atoms with Crippen LogP contribution >= 0.6 is 11.3 Å². The first-order valence-electron chi connectivity index (χ1n) is 8.94. The van der Waals surface area contributed by atoms with E-state index < -0.39 is 10.0 Å². The van der Waals surface area contributed by atoms with Crippen molar-refractivity contribution in [3.8, 4) is 5.75 Å². The molecule has 0 atom stereocenters. The van der Waals surface area contributed by atoms with Crippen LogP contribution in [-0.2, 0) is 21.4 Å². The highest BCUT2D eigenvalue weighted by Gasteiger charge is 2.22. The summed E-state index contributed by atoms with van der Waals surface area (Å²) in [7, 11) is -2.07. The fraction of sp³-hybridized carbons (Fsp3) is 0.190. The molecule has 0 saturated heterocycles.